The van der Waals surface area contributed by atoms with Gasteiger partial charge in [0.15, 0.2) is 11.5 Å². The van der Waals surface area contributed by atoms with Crippen molar-refractivity contribution in [3.05, 3.63) is 73.8 Å². The summed E-state index contributed by atoms with van der Waals surface area (Å²) in [7, 11) is 0. The van der Waals surface area contributed by atoms with Crippen LogP contribution in [0.2, 0.25) is 20.1 Å². The molecule has 1 fully saturated rings. The molecule has 9 heteroatoms. The SMILES string of the molecule is O=C(c1cc(-c2ccc(Cl)cc2Cl)on1)N1CCN(Cc2ccc(Cl)c(Cl)c2)CC1. The van der Waals surface area contributed by atoms with Crippen LogP contribution in [0.15, 0.2) is 47.0 Å². The number of halogens is 4. The molecule has 2 aromatic carbocycles. The number of carbonyl (C=O) groups excluding carboxylic acids is 1. The minimum Gasteiger partial charge on any atom is -0.355 e. The molecule has 0 radical (unpaired) electrons. The Morgan fingerprint density at radius 2 is 1.67 bits per heavy atom. The standard InChI is InChI=1S/C21H17Cl4N3O2/c22-14-2-3-15(17(24)10-14)20-11-19(26-30-20)21(29)28-7-5-27(6-8-28)12-13-1-4-16(23)18(25)9-13/h1-4,9-11H,5-8,12H2. The average molecular weight is 485 g/mol. The van der Waals surface area contributed by atoms with Gasteiger partial charge in [0, 0.05) is 49.4 Å². The van der Waals surface area contributed by atoms with Crippen molar-refractivity contribution in [1.82, 2.24) is 15.0 Å². The molecule has 3 aromatic rings. The van der Waals surface area contributed by atoms with Crippen molar-refractivity contribution in [2.75, 3.05) is 26.2 Å². The third-order valence-corrected chi connectivity index (χ3v) is 6.26. The van der Waals surface area contributed by atoms with E-state index in [1.54, 1.807) is 35.2 Å². The molecule has 0 saturated carbocycles. The van der Waals surface area contributed by atoms with Gasteiger partial charge in [-0.2, -0.15) is 0 Å². The summed E-state index contributed by atoms with van der Waals surface area (Å²) >= 11 is 24.2. The molecule has 156 valence electrons. The summed E-state index contributed by atoms with van der Waals surface area (Å²) in [4.78, 5) is 16.9. The Labute approximate surface area is 194 Å². The molecule has 0 unspecified atom stereocenters. The van der Waals surface area contributed by atoms with E-state index in [0.29, 0.717) is 44.5 Å². The van der Waals surface area contributed by atoms with Gasteiger partial charge in [-0.1, -0.05) is 57.6 Å². The van der Waals surface area contributed by atoms with Crippen molar-refractivity contribution < 1.29 is 9.32 Å². The van der Waals surface area contributed by atoms with E-state index < -0.39 is 0 Å². The van der Waals surface area contributed by atoms with Gasteiger partial charge in [0.2, 0.25) is 0 Å². The van der Waals surface area contributed by atoms with Gasteiger partial charge in [0.25, 0.3) is 5.91 Å². The summed E-state index contributed by atoms with van der Waals surface area (Å²) in [6.07, 6.45) is 0. The molecule has 4 rings (SSSR count). The molecule has 0 aliphatic carbocycles. The van der Waals surface area contributed by atoms with Gasteiger partial charge in [0.05, 0.1) is 15.1 Å². The first-order chi connectivity index (χ1) is 14.4. The Bertz CT molecular complexity index is 1080. The second-order valence-electron chi connectivity index (χ2n) is 7.02. The van der Waals surface area contributed by atoms with Gasteiger partial charge < -0.3 is 9.42 Å². The smallest absolute Gasteiger partial charge is 0.276 e. The van der Waals surface area contributed by atoms with Crippen LogP contribution in [0.25, 0.3) is 11.3 Å². The number of aromatic nitrogens is 1. The topological polar surface area (TPSA) is 49.6 Å². The van der Waals surface area contributed by atoms with Crippen LogP contribution in [0.3, 0.4) is 0 Å². The Morgan fingerprint density at radius 1 is 0.900 bits per heavy atom. The van der Waals surface area contributed by atoms with E-state index >= 15 is 0 Å². The molecule has 0 bridgehead atoms. The van der Waals surface area contributed by atoms with Gasteiger partial charge in [-0.3, -0.25) is 9.69 Å². The lowest BCUT2D eigenvalue weighted by Gasteiger charge is -2.34. The normalized spacial score (nSPS) is 14.9. The second kappa shape index (κ2) is 9.16. The predicted molar refractivity (Wildman–Crippen MR) is 120 cm³/mol. The highest BCUT2D eigenvalue weighted by atomic mass is 35.5. The van der Waals surface area contributed by atoms with Gasteiger partial charge in [-0.15, -0.1) is 0 Å². The van der Waals surface area contributed by atoms with Crippen molar-refractivity contribution >= 4 is 52.3 Å². The zero-order valence-corrected chi connectivity index (χ0v) is 18.8. The molecule has 1 saturated heterocycles. The zero-order valence-electron chi connectivity index (χ0n) is 15.7. The molecule has 1 amide bonds. The monoisotopic (exact) mass is 483 g/mol. The lowest BCUT2D eigenvalue weighted by Crippen LogP contribution is -2.48. The summed E-state index contributed by atoms with van der Waals surface area (Å²) in [6, 6.07) is 12.3. The van der Waals surface area contributed by atoms with Crippen molar-refractivity contribution in [2.45, 2.75) is 6.54 Å². The Morgan fingerprint density at radius 3 is 2.37 bits per heavy atom. The maximum atomic E-state index is 12.8. The number of carbonyl (C=O) groups is 1. The number of benzene rings is 2. The van der Waals surface area contributed by atoms with E-state index in [1.165, 1.54) is 0 Å². The molecule has 0 spiro atoms. The fraction of sp³-hybridized carbons (Fsp3) is 0.238. The predicted octanol–water partition coefficient (Wildman–Crippen LogP) is 5.91. The molecular weight excluding hydrogens is 468 g/mol. The summed E-state index contributed by atoms with van der Waals surface area (Å²) < 4.78 is 5.35. The first-order valence-electron chi connectivity index (χ1n) is 9.28. The van der Waals surface area contributed by atoms with Crippen molar-refractivity contribution in [3.63, 3.8) is 0 Å². The highest BCUT2D eigenvalue weighted by Crippen LogP contribution is 2.31. The summed E-state index contributed by atoms with van der Waals surface area (Å²) in [5, 5.41) is 5.99. The van der Waals surface area contributed by atoms with E-state index in [0.717, 1.165) is 25.2 Å². The molecule has 5 nitrogen and oxygen atoms in total. The zero-order chi connectivity index (χ0) is 21.3. The van der Waals surface area contributed by atoms with Crippen LogP contribution >= 0.6 is 46.4 Å². The van der Waals surface area contributed by atoms with Crippen molar-refractivity contribution in [1.29, 1.82) is 0 Å². The molecular formula is C21H17Cl4N3O2. The Kier molecular flexibility index (Phi) is 6.56. The largest absolute Gasteiger partial charge is 0.355 e. The highest BCUT2D eigenvalue weighted by Gasteiger charge is 2.25. The van der Waals surface area contributed by atoms with Crippen molar-refractivity contribution in [3.8, 4) is 11.3 Å². The van der Waals surface area contributed by atoms with Gasteiger partial charge in [0.1, 0.15) is 0 Å². The molecule has 2 heterocycles. The van der Waals surface area contributed by atoms with Crippen LogP contribution in [-0.4, -0.2) is 47.0 Å². The number of nitrogens with zero attached hydrogens (tertiary/aromatic N) is 3. The molecule has 30 heavy (non-hydrogen) atoms. The third-order valence-electron chi connectivity index (χ3n) is 4.98. The maximum absolute atomic E-state index is 12.8. The van der Waals surface area contributed by atoms with Crippen LogP contribution in [0.5, 0.6) is 0 Å². The molecule has 1 aliphatic heterocycles. The van der Waals surface area contributed by atoms with Gasteiger partial charge >= 0.3 is 0 Å². The maximum Gasteiger partial charge on any atom is 0.276 e. The van der Waals surface area contributed by atoms with E-state index in [-0.39, 0.29) is 11.6 Å². The van der Waals surface area contributed by atoms with Crippen LogP contribution in [0, 0.1) is 0 Å². The van der Waals surface area contributed by atoms with Crippen LogP contribution in [0.1, 0.15) is 16.1 Å². The van der Waals surface area contributed by atoms with E-state index in [4.69, 9.17) is 50.9 Å². The van der Waals surface area contributed by atoms with E-state index in [2.05, 4.69) is 10.1 Å². The molecule has 1 aliphatic rings. The quantitative estimate of drug-likeness (QED) is 0.461. The number of piperazine rings is 1. The van der Waals surface area contributed by atoms with Crippen LogP contribution in [0.4, 0.5) is 0 Å². The average Bonchev–Trinajstić information content (AvgIpc) is 3.21. The fourth-order valence-corrected chi connectivity index (χ4v) is 4.18. The number of rotatable bonds is 4. The number of hydrogen-bond acceptors (Lipinski definition) is 4. The first-order valence-corrected chi connectivity index (χ1v) is 10.8. The van der Waals surface area contributed by atoms with E-state index in [1.807, 2.05) is 12.1 Å². The fourth-order valence-electron chi connectivity index (χ4n) is 3.36. The second-order valence-corrected chi connectivity index (χ2v) is 8.68. The lowest BCUT2D eigenvalue weighted by molar-refractivity contribution is 0.0618. The number of hydrogen-bond donors (Lipinski definition) is 0. The highest BCUT2D eigenvalue weighted by molar-refractivity contribution is 6.42. The molecule has 1 aromatic heterocycles. The van der Waals surface area contributed by atoms with Crippen LogP contribution in [-0.2, 0) is 6.54 Å². The third kappa shape index (κ3) is 4.76. The molecule has 0 N–H and O–H groups in total. The molecule has 0 atom stereocenters. The van der Waals surface area contributed by atoms with Gasteiger partial charge in [-0.05, 0) is 35.9 Å². The van der Waals surface area contributed by atoms with Crippen LogP contribution < -0.4 is 0 Å². The summed E-state index contributed by atoms with van der Waals surface area (Å²) in [5.74, 6) is 0.266. The Hall–Kier alpha value is -1.76. The van der Waals surface area contributed by atoms with E-state index in [9.17, 15) is 4.79 Å². The number of amides is 1. The van der Waals surface area contributed by atoms with Gasteiger partial charge in [-0.25, -0.2) is 0 Å². The minimum absolute atomic E-state index is 0.163. The minimum atomic E-state index is -0.163. The van der Waals surface area contributed by atoms with Crippen molar-refractivity contribution in [2.24, 2.45) is 0 Å². The Balaban J connectivity index is 1.37. The first kappa shape index (κ1) is 21.5. The summed E-state index contributed by atoms with van der Waals surface area (Å²) in [5.41, 5.74) is 1.98. The summed E-state index contributed by atoms with van der Waals surface area (Å²) in [6.45, 7) is 3.45. The lowest BCUT2D eigenvalue weighted by atomic mass is 10.1.